The summed E-state index contributed by atoms with van der Waals surface area (Å²) in [5.41, 5.74) is 3.42. The molecular formula is C29H42N2O6. The van der Waals surface area contributed by atoms with Crippen molar-refractivity contribution in [3.05, 3.63) is 53.6 Å². The molecular weight excluding hydrogens is 472 g/mol. The highest BCUT2D eigenvalue weighted by atomic mass is 16.5. The number of methoxy groups -OCH3 is 1. The summed E-state index contributed by atoms with van der Waals surface area (Å²) in [5, 5.41) is 13.7. The molecule has 0 heterocycles. The molecule has 0 spiro atoms. The first-order valence-corrected chi connectivity index (χ1v) is 12.6. The van der Waals surface area contributed by atoms with Crippen LogP contribution in [-0.4, -0.2) is 81.6 Å². The number of ether oxygens (including phenoxy) is 3. The van der Waals surface area contributed by atoms with Gasteiger partial charge in [0, 0.05) is 19.7 Å². The van der Waals surface area contributed by atoms with Crippen LogP contribution in [0.1, 0.15) is 36.7 Å². The number of amides is 1. The van der Waals surface area contributed by atoms with Crippen LogP contribution < -0.4 is 10.1 Å². The zero-order valence-corrected chi connectivity index (χ0v) is 23.3. The van der Waals surface area contributed by atoms with Gasteiger partial charge in [-0.05, 0) is 80.7 Å². The van der Waals surface area contributed by atoms with E-state index >= 15 is 0 Å². The minimum absolute atomic E-state index is 0.0717. The Morgan fingerprint density at radius 2 is 1.73 bits per heavy atom. The third-order valence-electron chi connectivity index (χ3n) is 6.63. The number of hydrogen-bond donors (Lipinski definition) is 2. The molecule has 204 valence electrons. The van der Waals surface area contributed by atoms with Crippen LogP contribution in [0.2, 0.25) is 0 Å². The second kappa shape index (κ2) is 14.1. The van der Waals surface area contributed by atoms with Crippen molar-refractivity contribution in [3.8, 4) is 16.9 Å². The molecule has 2 aromatic carbocycles. The van der Waals surface area contributed by atoms with Gasteiger partial charge in [-0.2, -0.15) is 0 Å². The number of aryl methyl sites for hydroxylation is 1. The zero-order valence-electron chi connectivity index (χ0n) is 23.3. The van der Waals surface area contributed by atoms with Gasteiger partial charge >= 0.3 is 5.97 Å². The fourth-order valence-corrected chi connectivity index (χ4v) is 4.14. The van der Waals surface area contributed by atoms with Gasteiger partial charge in [-0.15, -0.1) is 0 Å². The second-order valence-corrected chi connectivity index (χ2v) is 9.91. The number of carbonyl (C=O) groups excluding carboxylic acids is 2. The highest BCUT2D eigenvalue weighted by Gasteiger charge is 2.34. The van der Waals surface area contributed by atoms with Crippen molar-refractivity contribution < 1.29 is 28.9 Å². The minimum Gasteiger partial charge on any atom is -0.488 e. The lowest BCUT2D eigenvalue weighted by Gasteiger charge is -2.34. The zero-order chi connectivity index (χ0) is 27.7. The second-order valence-electron chi connectivity index (χ2n) is 9.91. The Morgan fingerprint density at radius 3 is 2.32 bits per heavy atom. The van der Waals surface area contributed by atoms with Crippen molar-refractivity contribution in [1.29, 1.82) is 0 Å². The van der Waals surface area contributed by atoms with Crippen LogP contribution >= 0.6 is 0 Å². The number of aliphatic hydroxyl groups excluding tert-OH is 1. The molecule has 2 N–H and O–H groups in total. The molecule has 5 atom stereocenters. The van der Waals surface area contributed by atoms with E-state index in [1.165, 1.54) is 0 Å². The van der Waals surface area contributed by atoms with E-state index in [0.29, 0.717) is 11.3 Å². The first-order chi connectivity index (χ1) is 17.5. The van der Waals surface area contributed by atoms with Gasteiger partial charge in [0.15, 0.2) is 0 Å². The Hall–Kier alpha value is -2.94. The summed E-state index contributed by atoms with van der Waals surface area (Å²) < 4.78 is 17.2. The first kappa shape index (κ1) is 30.3. The summed E-state index contributed by atoms with van der Waals surface area (Å²) in [6.45, 7) is 8.12. The molecule has 2 rings (SSSR count). The van der Waals surface area contributed by atoms with Gasteiger partial charge in [0.25, 0.3) is 5.91 Å². The van der Waals surface area contributed by atoms with Crippen molar-refractivity contribution in [1.82, 2.24) is 10.2 Å². The largest absolute Gasteiger partial charge is 0.488 e. The maximum atomic E-state index is 12.0. The number of nitrogens with one attached hydrogen (secondary N) is 1. The molecule has 1 amide bonds. The normalized spacial score (nSPS) is 15.4. The van der Waals surface area contributed by atoms with Crippen LogP contribution in [0, 0.1) is 18.8 Å². The molecule has 0 saturated carbocycles. The first-order valence-electron chi connectivity index (χ1n) is 12.6. The topological polar surface area (TPSA) is 97.3 Å². The number of benzene rings is 2. The Morgan fingerprint density at radius 1 is 1.05 bits per heavy atom. The number of rotatable bonds is 13. The van der Waals surface area contributed by atoms with Crippen LogP contribution in [0.5, 0.6) is 5.75 Å². The molecule has 0 fully saturated rings. The molecule has 0 radical (unpaired) electrons. The summed E-state index contributed by atoms with van der Waals surface area (Å²) in [7, 11) is 6.78. The van der Waals surface area contributed by atoms with E-state index in [1.54, 1.807) is 25.1 Å². The molecule has 0 aromatic heterocycles. The Kier molecular flexibility index (Phi) is 11.6. The van der Waals surface area contributed by atoms with Gasteiger partial charge < -0.3 is 24.6 Å². The van der Waals surface area contributed by atoms with Crippen molar-refractivity contribution in [3.63, 3.8) is 0 Å². The third kappa shape index (κ3) is 8.55. The molecule has 0 aliphatic rings. The third-order valence-corrected chi connectivity index (χ3v) is 6.63. The van der Waals surface area contributed by atoms with E-state index in [0.717, 1.165) is 16.7 Å². The molecule has 8 heteroatoms. The maximum absolute atomic E-state index is 12.0. The molecule has 5 unspecified atom stereocenters. The van der Waals surface area contributed by atoms with Gasteiger partial charge in [-0.25, -0.2) is 0 Å². The van der Waals surface area contributed by atoms with Gasteiger partial charge in [0.1, 0.15) is 18.0 Å². The highest BCUT2D eigenvalue weighted by molar-refractivity contribution is 5.95. The summed E-state index contributed by atoms with van der Waals surface area (Å²) in [4.78, 5) is 25.6. The Balaban J connectivity index is 2.07. The molecule has 0 aliphatic heterocycles. The van der Waals surface area contributed by atoms with E-state index in [-0.39, 0.29) is 36.9 Å². The van der Waals surface area contributed by atoms with Crippen molar-refractivity contribution in [2.24, 2.45) is 11.8 Å². The summed E-state index contributed by atoms with van der Waals surface area (Å²) in [5.74, 6) is -0.00682. The van der Waals surface area contributed by atoms with Crippen LogP contribution in [0.15, 0.2) is 42.5 Å². The van der Waals surface area contributed by atoms with Crippen molar-refractivity contribution >= 4 is 11.9 Å². The summed E-state index contributed by atoms with van der Waals surface area (Å²) in [6, 6.07) is 13.3. The summed E-state index contributed by atoms with van der Waals surface area (Å²) >= 11 is 0. The number of hydrogen-bond acceptors (Lipinski definition) is 7. The predicted octanol–water partition coefficient (Wildman–Crippen LogP) is 3.54. The standard InChI is InChI=1S/C29H42N2O6/c1-18-14-23(22-10-9-11-24(15-22)29(34)30-5)12-13-25(18)37-21(4)28(35-8)27(33)20(3)19(2)17-36-26(32)16-31(6)7/h9-15,19-21,27-28,33H,16-17H2,1-8H3,(H,30,34). The van der Waals surface area contributed by atoms with Crippen LogP contribution in [0.25, 0.3) is 11.1 Å². The number of carbonyl (C=O) groups is 2. The number of aliphatic hydroxyl groups is 1. The summed E-state index contributed by atoms with van der Waals surface area (Å²) in [6.07, 6.45) is -1.85. The number of esters is 1. The Bertz CT molecular complexity index is 1040. The average molecular weight is 515 g/mol. The van der Waals surface area contributed by atoms with Crippen LogP contribution in [0.4, 0.5) is 0 Å². The highest BCUT2D eigenvalue weighted by Crippen LogP contribution is 2.29. The lowest BCUT2D eigenvalue weighted by atomic mass is 9.87. The molecule has 37 heavy (non-hydrogen) atoms. The number of nitrogens with zero attached hydrogens (tertiary/aromatic N) is 1. The smallest absolute Gasteiger partial charge is 0.320 e. The SMILES string of the molecule is CNC(=O)c1cccc(-c2ccc(OC(C)C(OC)C(O)C(C)C(C)COC(=O)CN(C)C)c(C)c2)c1. The fraction of sp³-hybridized carbons (Fsp3) is 0.517. The molecule has 0 saturated heterocycles. The Labute approximate surface area is 220 Å². The average Bonchev–Trinajstić information content (AvgIpc) is 2.87. The molecule has 2 aromatic rings. The van der Waals surface area contributed by atoms with Gasteiger partial charge in [0.2, 0.25) is 0 Å². The van der Waals surface area contributed by atoms with E-state index in [9.17, 15) is 14.7 Å². The van der Waals surface area contributed by atoms with Crippen molar-refractivity contribution in [2.45, 2.75) is 46.0 Å². The molecule has 0 bridgehead atoms. The van der Waals surface area contributed by atoms with E-state index in [2.05, 4.69) is 5.32 Å². The number of likely N-dealkylation sites (N-methyl/N-ethyl adjacent to an activating group) is 1. The minimum atomic E-state index is -0.824. The van der Waals surface area contributed by atoms with Gasteiger partial charge in [-0.1, -0.05) is 32.0 Å². The maximum Gasteiger partial charge on any atom is 0.320 e. The quantitative estimate of drug-likeness (QED) is 0.395. The molecule has 8 nitrogen and oxygen atoms in total. The van der Waals surface area contributed by atoms with E-state index in [1.807, 2.05) is 78.2 Å². The van der Waals surface area contributed by atoms with Gasteiger partial charge in [0.05, 0.1) is 19.3 Å². The monoisotopic (exact) mass is 514 g/mol. The fourth-order valence-electron chi connectivity index (χ4n) is 4.14. The van der Waals surface area contributed by atoms with E-state index < -0.39 is 18.3 Å². The van der Waals surface area contributed by atoms with Gasteiger partial charge in [-0.3, -0.25) is 14.5 Å². The van der Waals surface area contributed by atoms with Crippen LogP contribution in [-0.2, 0) is 14.3 Å². The van der Waals surface area contributed by atoms with E-state index in [4.69, 9.17) is 14.2 Å². The predicted molar refractivity (Wildman–Crippen MR) is 145 cm³/mol. The van der Waals surface area contributed by atoms with Crippen molar-refractivity contribution in [2.75, 3.05) is 41.4 Å². The van der Waals surface area contributed by atoms with Crippen LogP contribution in [0.3, 0.4) is 0 Å². The molecule has 0 aliphatic carbocycles. The lowest BCUT2D eigenvalue weighted by Crippen LogP contribution is -2.46. The lowest BCUT2D eigenvalue weighted by molar-refractivity contribution is -0.147.